The molecule has 0 radical (unpaired) electrons. The average molecular weight is 478 g/mol. The first-order chi connectivity index (χ1) is 16.1. The lowest BCUT2D eigenvalue weighted by Crippen LogP contribution is -2.62. The number of aliphatic carboxylic acids is 1. The summed E-state index contributed by atoms with van der Waals surface area (Å²) in [5.74, 6) is -5.70. The monoisotopic (exact) mass is 478 g/mol. The summed E-state index contributed by atoms with van der Waals surface area (Å²) in [6, 6.07) is 1.80. The van der Waals surface area contributed by atoms with E-state index in [9.17, 15) is 29.4 Å². The van der Waals surface area contributed by atoms with E-state index in [0.717, 1.165) is 4.90 Å². The summed E-state index contributed by atoms with van der Waals surface area (Å²) in [6.07, 6.45) is -0.280. The van der Waals surface area contributed by atoms with E-state index in [1.807, 2.05) is 6.92 Å². The maximum Gasteiger partial charge on any atom is 0.341 e. The zero-order valence-corrected chi connectivity index (χ0v) is 19.8. The van der Waals surface area contributed by atoms with Crippen molar-refractivity contribution in [2.75, 3.05) is 27.9 Å². The molecular formula is C23H30N2O9. The van der Waals surface area contributed by atoms with Gasteiger partial charge >= 0.3 is 11.9 Å². The van der Waals surface area contributed by atoms with Gasteiger partial charge in [-0.25, -0.2) is 4.79 Å². The van der Waals surface area contributed by atoms with Gasteiger partial charge in [-0.2, -0.15) is 0 Å². The number of hydrogen-bond acceptors (Lipinski definition) is 9. The first-order valence-corrected chi connectivity index (χ1v) is 11.0. The lowest BCUT2D eigenvalue weighted by molar-refractivity contribution is -0.156. The largest absolute Gasteiger partial charge is 0.497 e. The lowest BCUT2D eigenvalue weighted by atomic mass is 9.76. The Bertz CT molecular complexity index is 1010. The third-order valence-corrected chi connectivity index (χ3v) is 6.72. The topological polar surface area (TPSA) is 152 Å². The fourth-order valence-corrected chi connectivity index (χ4v) is 5.02. The van der Waals surface area contributed by atoms with Gasteiger partial charge in [0, 0.05) is 18.7 Å². The molecule has 3 rings (SSSR count). The molecule has 5 atom stereocenters. The van der Waals surface area contributed by atoms with Crippen molar-refractivity contribution >= 4 is 23.8 Å². The number of carboxylic acids is 1. The number of likely N-dealkylation sites (tertiary alicyclic amines) is 1. The number of ether oxygens (including phenoxy) is 3. The lowest BCUT2D eigenvalue weighted by Gasteiger charge is -2.33. The Hall–Kier alpha value is -3.18. The van der Waals surface area contributed by atoms with E-state index in [0.29, 0.717) is 12.8 Å². The number of aliphatic hydroxyl groups is 1. The molecule has 0 bridgehead atoms. The highest BCUT2D eigenvalue weighted by Gasteiger charge is 2.70. The summed E-state index contributed by atoms with van der Waals surface area (Å²) in [5, 5.41) is 23.6. The van der Waals surface area contributed by atoms with Gasteiger partial charge in [0.15, 0.2) is 5.54 Å². The van der Waals surface area contributed by atoms with Crippen LogP contribution in [0, 0.1) is 11.8 Å². The van der Waals surface area contributed by atoms with Crippen molar-refractivity contribution in [3.05, 3.63) is 23.3 Å². The first kappa shape index (κ1) is 25.4. The Morgan fingerprint density at radius 3 is 2.35 bits per heavy atom. The molecule has 34 heavy (non-hydrogen) atoms. The number of benzene rings is 1. The smallest absolute Gasteiger partial charge is 0.341 e. The molecule has 0 aromatic heterocycles. The van der Waals surface area contributed by atoms with Crippen molar-refractivity contribution in [1.82, 2.24) is 10.2 Å². The quantitative estimate of drug-likeness (QED) is 0.342. The number of carbonyl (C=O) groups excluding carboxylic acids is 3. The predicted octanol–water partition coefficient (Wildman–Crippen LogP) is 0.740. The number of nitrogens with zero attached hydrogens (tertiary/aromatic N) is 1. The van der Waals surface area contributed by atoms with Crippen LogP contribution in [-0.4, -0.2) is 78.4 Å². The normalized spacial score (nSPS) is 26.9. The van der Waals surface area contributed by atoms with Crippen LogP contribution in [0.25, 0.3) is 0 Å². The van der Waals surface area contributed by atoms with E-state index in [4.69, 9.17) is 14.2 Å². The van der Waals surface area contributed by atoms with Gasteiger partial charge < -0.3 is 24.4 Å². The number of esters is 1. The van der Waals surface area contributed by atoms with Crippen molar-refractivity contribution in [3.63, 3.8) is 0 Å². The summed E-state index contributed by atoms with van der Waals surface area (Å²) in [4.78, 5) is 53.2. The van der Waals surface area contributed by atoms with Crippen LogP contribution in [0.5, 0.6) is 11.5 Å². The van der Waals surface area contributed by atoms with Crippen LogP contribution in [0.15, 0.2) is 12.1 Å². The SMILES string of the molecule is CCCCN1C(=O)C2C(c3cc(OC)cc(OC)c3C(=O)OC)NC(C(=O)O)(C(C)O)C2C1=O. The van der Waals surface area contributed by atoms with Crippen molar-refractivity contribution in [2.24, 2.45) is 11.8 Å². The third kappa shape index (κ3) is 3.68. The molecular weight excluding hydrogens is 448 g/mol. The molecule has 186 valence electrons. The van der Waals surface area contributed by atoms with Crippen molar-refractivity contribution < 1.29 is 43.6 Å². The molecule has 2 heterocycles. The number of nitrogens with one attached hydrogen (secondary N) is 1. The fourth-order valence-electron chi connectivity index (χ4n) is 5.02. The molecule has 1 aromatic carbocycles. The molecule has 11 nitrogen and oxygen atoms in total. The van der Waals surface area contributed by atoms with Crippen molar-refractivity contribution in [1.29, 1.82) is 0 Å². The van der Waals surface area contributed by atoms with Gasteiger partial charge in [0.25, 0.3) is 0 Å². The molecule has 11 heteroatoms. The Labute approximate surface area is 197 Å². The molecule has 3 N–H and O–H groups in total. The van der Waals surface area contributed by atoms with E-state index in [-0.39, 0.29) is 29.2 Å². The standard InChI is InChI=1S/C23H30N2O9/c1-6-7-8-25-19(27)16-17(20(25)28)23(11(2)26,22(30)31)24-18(16)13-9-12(32-3)10-14(33-4)15(13)21(29)34-5/h9-11,16-18,24,26H,6-8H2,1-5H3,(H,30,31). The Balaban J connectivity index is 2.29. The summed E-state index contributed by atoms with van der Waals surface area (Å²) in [6.45, 7) is 3.29. The second kappa shape index (κ2) is 9.59. The molecule has 2 saturated heterocycles. The van der Waals surface area contributed by atoms with Crippen LogP contribution < -0.4 is 14.8 Å². The highest BCUT2D eigenvalue weighted by molar-refractivity contribution is 6.10. The van der Waals surface area contributed by atoms with Gasteiger partial charge in [-0.1, -0.05) is 13.3 Å². The highest BCUT2D eigenvalue weighted by Crippen LogP contribution is 2.52. The Kier molecular flexibility index (Phi) is 7.18. The minimum absolute atomic E-state index is 0.0407. The second-order valence-corrected chi connectivity index (χ2v) is 8.44. The zero-order valence-electron chi connectivity index (χ0n) is 19.8. The van der Waals surface area contributed by atoms with Crippen molar-refractivity contribution in [2.45, 2.75) is 44.4 Å². The van der Waals surface area contributed by atoms with Crippen LogP contribution in [0.1, 0.15) is 48.7 Å². The van der Waals surface area contributed by atoms with Crippen LogP contribution in [0.3, 0.4) is 0 Å². The van der Waals surface area contributed by atoms with Gasteiger partial charge in [-0.3, -0.25) is 24.6 Å². The van der Waals surface area contributed by atoms with Gasteiger partial charge in [-0.15, -0.1) is 0 Å². The van der Waals surface area contributed by atoms with E-state index in [1.165, 1.54) is 40.4 Å². The molecule has 0 spiro atoms. The number of methoxy groups -OCH3 is 3. The van der Waals surface area contributed by atoms with Gasteiger partial charge in [0.05, 0.1) is 39.3 Å². The molecule has 2 fully saturated rings. The summed E-state index contributed by atoms with van der Waals surface area (Å²) in [7, 11) is 3.91. The van der Waals surface area contributed by atoms with Crippen LogP contribution in [0.2, 0.25) is 0 Å². The van der Waals surface area contributed by atoms with E-state index in [2.05, 4.69) is 5.32 Å². The maximum absolute atomic E-state index is 13.5. The molecule has 0 aliphatic carbocycles. The maximum atomic E-state index is 13.5. The Morgan fingerprint density at radius 2 is 1.85 bits per heavy atom. The number of unbranched alkanes of at least 4 members (excludes halogenated alkanes) is 1. The summed E-state index contributed by atoms with van der Waals surface area (Å²) >= 11 is 0. The molecule has 0 saturated carbocycles. The van der Waals surface area contributed by atoms with Gasteiger partial charge in [0.2, 0.25) is 11.8 Å². The van der Waals surface area contributed by atoms with Gasteiger partial charge in [-0.05, 0) is 25.0 Å². The molecule has 2 amide bonds. The molecule has 2 aliphatic heterocycles. The van der Waals surface area contributed by atoms with Gasteiger partial charge in [0.1, 0.15) is 17.1 Å². The highest BCUT2D eigenvalue weighted by atomic mass is 16.5. The molecule has 1 aromatic rings. The van der Waals surface area contributed by atoms with Crippen molar-refractivity contribution in [3.8, 4) is 11.5 Å². The van der Waals surface area contributed by atoms with Crippen LogP contribution >= 0.6 is 0 Å². The number of imide groups is 1. The number of fused-ring (bicyclic) bond motifs is 1. The minimum Gasteiger partial charge on any atom is -0.497 e. The van der Waals surface area contributed by atoms with E-state index >= 15 is 0 Å². The fraction of sp³-hybridized carbons (Fsp3) is 0.565. The number of aliphatic hydroxyl groups excluding tert-OH is 1. The number of carboxylic acid groups (broad SMARTS) is 1. The zero-order chi connectivity index (χ0) is 25.4. The number of amides is 2. The number of rotatable bonds is 9. The van der Waals surface area contributed by atoms with E-state index < -0.39 is 53.3 Å². The molecule has 2 aliphatic rings. The first-order valence-electron chi connectivity index (χ1n) is 11.0. The third-order valence-electron chi connectivity index (χ3n) is 6.72. The van der Waals surface area contributed by atoms with E-state index in [1.54, 1.807) is 0 Å². The average Bonchev–Trinajstić information content (AvgIpc) is 3.31. The minimum atomic E-state index is -2.16. The van der Waals surface area contributed by atoms with Crippen LogP contribution in [-0.2, 0) is 19.1 Å². The molecule has 5 unspecified atom stereocenters. The number of carbonyl (C=O) groups is 4. The second-order valence-electron chi connectivity index (χ2n) is 8.44. The van der Waals surface area contributed by atoms with Crippen LogP contribution in [0.4, 0.5) is 0 Å². The summed E-state index contributed by atoms with van der Waals surface area (Å²) < 4.78 is 15.6. The summed E-state index contributed by atoms with van der Waals surface area (Å²) in [5.41, 5.74) is -2.03. The predicted molar refractivity (Wildman–Crippen MR) is 117 cm³/mol. The number of hydrogen-bond donors (Lipinski definition) is 3. The Morgan fingerprint density at radius 1 is 1.18 bits per heavy atom.